The zero-order chi connectivity index (χ0) is 48.1. The van der Waals surface area contributed by atoms with E-state index >= 15 is 0 Å². The van der Waals surface area contributed by atoms with Gasteiger partial charge in [0.05, 0.1) is 24.0 Å². The molecular formula is C50H73N3O11. The second-order valence-corrected chi connectivity index (χ2v) is 20.4. The van der Waals surface area contributed by atoms with E-state index in [-0.39, 0.29) is 54.6 Å². The van der Waals surface area contributed by atoms with Crippen LogP contribution in [-0.4, -0.2) is 95.2 Å². The highest BCUT2D eigenvalue weighted by molar-refractivity contribution is 6.06. The van der Waals surface area contributed by atoms with Gasteiger partial charge in [-0.25, -0.2) is 4.79 Å². The van der Waals surface area contributed by atoms with Crippen LogP contribution in [0.4, 0.5) is 11.4 Å². The number of fused-ring (bicyclic) bond motifs is 2. The summed E-state index contributed by atoms with van der Waals surface area (Å²) in [5.41, 5.74) is 0.408. The average Bonchev–Trinajstić information content (AvgIpc) is 3.16. The second kappa shape index (κ2) is 20.4. The Morgan fingerprint density at radius 3 is 1.50 bits per heavy atom. The molecule has 2 aromatic rings. The molecule has 14 nitrogen and oxygen atoms in total. The fourth-order valence-corrected chi connectivity index (χ4v) is 8.30. The topological polar surface area (TPSA) is 158 Å². The van der Waals surface area contributed by atoms with E-state index in [4.69, 9.17) is 23.7 Å². The van der Waals surface area contributed by atoms with Crippen molar-refractivity contribution in [3.05, 3.63) is 46.5 Å². The SMILES string of the molecule is COC(=O)c1cc2c(cc1C)OC(C)(C)C(=O)N2CCCC(=O)OC(C)(C)C.Cc1cc2c(cc1C(=O)N(C(C)C)C1CCCCC1)N(CCCC(=O)OC(C)(C)C)C(=O)C(C)(C)O2. The van der Waals surface area contributed by atoms with Gasteiger partial charge >= 0.3 is 17.9 Å². The molecule has 2 heterocycles. The Hall–Kier alpha value is -5.14. The second-order valence-electron chi connectivity index (χ2n) is 20.4. The highest BCUT2D eigenvalue weighted by atomic mass is 16.6. The first kappa shape index (κ1) is 51.5. The van der Waals surface area contributed by atoms with Gasteiger partial charge in [-0.05, 0) is 158 Å². The molecule has 3 aliphatic rings. The lowest BCUT2D eigenvalue weighted by molar-refractivity contribution is -0.156. The molecule has 5 rings (SSSR count). The van der Waals surface area contributed by atoms with Gasteiger partial charge in [-0.15, -0.1) is 0 Å². The third kappa shape index (κ3) is 13.0. The third-order valence-electron chi connectivity index (χ3n) is 11.2. The Morgan fingerprint density at radius 2 is 1.11 bits per heavy atom. The van der Waals surface area contributed by atoms with E-state index in [0.29, 0.717) is 65.5 Å². The monoisotopic (exact) mass is 892 g/mol. The smallest absolute Gasteiger partial charge is 0.338 e. The summed E-state index contributed by atoms with van der Waals surface area (Å²) >= 11 is 0. The molecule has 0 unspecified atom stereocenters. The molecule has 3 amide bonds. The van der Waals surface area contributed by atoms with Crippen molar-refractivity contribution in [1.82, 2.24) is 4.90 Å². The number of nitrogens with zero attached hydrogens (tertiary/aromatic N) is 3. The summed E-state index contributed by atoms with van der Waals surface area (Å²) in [5.74, 6) is -0.395. The number of amides is 3. The van der Waals surface area contributed by atoms with Crippen molar-refractivity contribution in [2.24, 2.45) is 0 Å². The van der Waals surface area contributed by atoms with E-state index in [1.54, 1.807) is 56.6 Å². The van der Waals surface area contributed by atoms with Gasteiger partial charge in [-0.1, -0.05) is 19.3 Å². The van der Waals surface area contributed by atoms with E-state index < -0.39 is 28.4 Å². The van der Waals surface area contributed by atoms with Crippen molar-refractivity contribution in [3.8, 4) is 11.5 Å². The van der Waals surface area contributed by atoms with Gasteiger partial charge in [0.25, 0.3) is 17.7 Å². The summed E-state index contributed by atoms with van der Waals surface area (Å²) in [6.07, 6.45) is 6.85. The molecule has 2 aromatic carbocycles. The van der Waals surface area contributed by atoms with Crippen LogP contribution in [0.3, 0.4) is 0 Å². The number of esters is 3. The maximum atomic E-state index is 13.9. The molecule has 0 atom stereocenters. The van der Waals surface area contributed by atoms with Crippen molar-refractivity contribution in [3.63, 3.8) is 0 Å². The summed E-state index contributed by atoms with van der Waals surface area (Å²) in [7, 11) is 1.31. The summed E-state index contributed by atoms with van der Waals surface area (Å²) in [6, 6.07) is 7.34. The molecule has 64 heavy (non-hydrogen) atoms. The number of carbonyl (C=O) groups excluding carboxylic acids is 6. The van der Waals surface area contributed by atoms with Crippen LogP contribution in [-0.2, 0) is 33.4 Å². The first-order chi connectivity index (χ1) is 29.6. The molecule has 2 aliphatic heterocycles. The minimum Gasteiger partial charge on any atom is -0.476 e. The van der Waals surface area contributed by atoms with Crippen molar-refractivity contribution in [2.45, 2.75) is 189 Å². The minimum absolute atomic E-state index is 0.00295. The van der Waals surface area contributed by atoms with Crippen molar-refractivity contribution in [2.75, 3.05) is 30.0 Å². The quantitative estimate of drug-likeness (QED) is 0.148. The number of anilines is 2. The summed E-state index contributed by atoms with van der Waals surface area (Å²) in [5, 5.41) is 0. The van der Waals surface area contributed by atoms with Crippen LogP contribution < -0.4 is 19.3 Å². The highest BCUT2D eigenvalue weighted by Crippen LogP contribution is 2.42. The molecule has 0 N–H and O–H groups in total. The molecule has 0 aromatic heterocycles. The van der Waals surface area contributed by atoms with Gasteiger partial charge in [-0.3, -0.25) is 24.0 Å². The highest BCUT2D eigenvalue weighted by Gasteiger charge is 2.43. The normalized spacial score (nSPS) is 16.9. The molecule has 354 valence electrons. The van der Waals surface area contributed by atoms with Crippen molar-refractivity contribution < 1.29 is 52.5 Å². The van der Waals surface area contributed by atoms with E-state index in [9.17, 15) is 28.8 Å². The number of carbonyl (C=O) groups is 6. The molecule has 0 spiro atoms. The third-order valence-corrected chi connectivity index (χ3v) is 11.2. The van der Waals surface area contributed by atoms with E-state index in [0.717, 1.165) is 31.2 Å². The summed E-state index contributed by atoms with van der Waals surface area (Å²) in [4.78, 5) is 81.6. The minimum atomic E-state index is -1.04. The number of benzene rings is 2. The Bertz CT molecular complexity index is 2070. The molecular weight excluding hydrogens is 819 g/mol. The Labute approximate surface area is 380 Å². The zero-order valence-electron chi connectivity index (χ0n) is 41.1. The maximum absolute atomic E-state index is 13.9. The van der Waals surface area contributed by atoms with E-state index in [1.807, 2.05) is 65.5 Å². The molecule has 0 bridgehead atoms. The number of rotatable bonds is 12. The first-order valence-electron chi connectivity index (χ1n) is 22.7. The van der Waals surface area contributed by atoms with Crippen LogP contribution in [0, 0.1) is 13.8 Å². The van der Waals surface area contributed by atoms with Crippen LogP contribution in [0.25, 0.3) is 0 Å². The summed E-state index contributed by atoms with van der Waals surface area (Å²) < 4.78 is 27.5. The van der Waals surface area contributed by atoms with Crippen LogP contribution in [0.1, 0.15) is 173 Å². The van der Waals surface area contributed by atoms with E-state index in [1.165, 1.54) is 13.5 Å². The van der Waals surface area contributed by atoms with Crippen LogP contribution >= 0.6 is 0 Å². The number of methoxy groups -OCH3 is 1. The number of hydrogen-bond donors (Lipinski definition) is 0. The largest absolute Gasteiger partial charge is 0.476 e. The van der Waals surface area contributed by atoms with Gasteiger partial charge < -0.3 is 38.4 Å². The van der Waals surface area contributed by atoms with Crippen molar-refractivity contribution >= 4 is 47.0 Å². The fourth-order valence-electron chi connectivity index (χ4n) is 8.30. The van der Waals surface area contributed by atoms with Crippen LogP contribution in [0.2, 0.25) is 0 Å². The predicted molar refractivity (Wildman–Crippen MR) is 246 cm³/mol. The molecule has 1 saturated carbocycles. The van der Waals surface area contributed by atoms with Gasteiger partial charge in [0.15, 0.2) is 11.2 Å². The van der Waals surface area contributed by atoms with Gasteiger partial charge in [-0.2, -0.15) is 0 Å². The molecule has 1 aliphatic carbocycles. The van der Waals surface area contributed by atoms with Crippen molar-refractivity contribution in [1.29, 1.82) is 0 Å². The van der Waals surface area contributed by atoms with Gasteiger partial charge in [0.1, 0.15) is 22.7 Å². The molecule has 1 fully saturated rings. The molecule has 14 heteroatoms. The lowest BCUT2D eigenvalue weighted by atomic mass is 9.92. The van der Waals surface area contributed by atoms with Gasteiger partial charge in [0, 0.05) is 43.6 Å². The zero-order valence-corrected chi connectivity index (χ0v) is 41.1. The van der Waals surface area contributed by atoms with Crippen LogP contribution in [0.5, 0.6) is 11.5 Å². The van der Waals surface area contributed by atoms with Gasteiger partial charge in [0.2, 0.25) is 0 Å². The first-order valence-corrected chi connectivity index (χ1v) is 22.7. The van der Waals surface area contributed by atoms with E-state index in [2.05, 4.69) is 13.8 Å². The number of ether oxygens (including phenoxy) is 5. The fraction of sp³-hybridized carbons (Fsp3) is 0.640. The van der Waals surface area contributed by atoms with Crippen LogP contribution in [0.15, 0.2) is 24.3 Å². The number of aryl methyl sites for hydroxylation is 2. The number of hydrogen-bond acceptors (Lipinski definition) is 11. The Morgan fingerprint density at radius 1 is 0.703 bits per heavy atom. The Balaban J connectivity index is 0.000000290. The predicted octanol–water partition coefficient (Wildman–Crippen LogP) is 9.21. The average molecular weight is 892 g/mol. The lowest BCUT2D eigenvalue weighted by Gasteiger charge is -2.40. The standard InChI is InChI=1S/C29H44N2O5.C21H29NO6/c1-19(2)31(21-13-10-9-11-14-21)26(33)22-18-23-24(17-20(22)3)35-29(7,8)27(34)30(23)16-12-15-25(32)36-28(4,5)6;1-13-11-16-15(12-14(13)18(24)26-7)22(19(25)21(5,6)27-16)10-8-9-17(23)28-20(2,3)4/h17-19,21H,9-16H2,1-8H3;11-12H,8-10H2,1-7H3. The maximum Gasteiger partial charge on any atom is 0.338 e. The molecule has 0 radical (unpaired) electrons. The lowest BCUT2D eigenvalue weighted by Crippen LogP contribution is -2.53. The Kier molecular flexibility index (Phi) is 16.4. The summed E-state index contributed by atoms with van der Waals surface area (Å²) in [6.45, 7) is 26.3. The molecule has 0 saturated heterocycles.